The zero-order valence-electron chi connectivity index (χ0n) is 12.1. The molecule has 0 aliphatic heterocycles. The number of hydrogen-bond acceptors (Lipinski definition) is 2. The van der Waals surface area contributed by atoms with E-state index in [0.29, 0.717) is 17.4 Å². The van der Waals surface area contributed by atoms with E-state index in [4.69, 9.17) is 0 Å². The molecule has 2 aromatic carbocycles. The summed E-state index contributed by atoms with van der Waals surface area (Å²) >= 11 is 0. The van der Waals surface area contributed by atoms with E-state index in [1.807, 2.05) is 37.3 Å². The molecule has 1 atom stereocenters. The Morgan fingerprint density at radius 3 is 2.40 bits per heavy atom. The van der Waals surface area contributed by atoms with Gasteiger partial charge in [-0.05, 0) is 60.9 Å². The average molecular weight is 270 g/mol. The van der Waals surface area contributed by atoms with Gasteiger partial charge in [0, 0.05) is 0 Å². The highest BCUT2D eigenvalue weighted by Crippen LogP contribution is 2.31. The lowest BCUT2D eigenvalue weighted by Crippen LogP contribution is -2.00. The number of rotatable bonds is 5. The maximum absolute atomic E-state index is 9.96. The zero-order valence-corrected chi connectivity index (χ0v) is 12.1. The number of hydrogen-bond donors (Lipinski definition) is 2. The van der Waals surface area contributed by atoms with Gasteiger partial charge in [0.1, 0.15) is 11.5 Å². The Labute approximate surface area is 120 Å². The molecule has 0 aromatic heterocycles. The van der Waals surface area contributed by atoms with Crippen molar-refractivity contribution in [2.24, 2.45) is 0 Å². The van der Waals surface area contributed by atoms with Crippen LogP contribution in [0.25, 0.3) is 0 Å². The van der Waals surface area contributed by atoms with Crippen LogP contribution in [-0.2, 0) is 6.42 Å². The molecule has 1 unspecified atom stereocenters. The number of phenolic OH excluding ortho intramolecular Hbond substituents is 2. The van der Waals surface area contributed by atoms with E-state index in [2.05, 4.69) is 6.92 Å². The van der Waals surface area contributed by atoms with Crippen molar-refractivity contribution in [3.63, 3.8) is 0 Å². The summed E-state index contributed by atoms with van der Waals surface area (Å²) < 4.78 is 0. The van der Waals surface area contributed by atoms with Crippen LogP contribution in [0.15, 0.2) is 42.5 Å². The maximum Gasteiger partial charge on any atom is 0.119 e. The van der Waals surface area contributed by atoms with Gasteiger partial charge in [-0.25, -0.2) is 0 Å². The molecule has 2 heteroatoms. The Kier molecular flexibility index (Phi) is 4.67. The summed E-state index contributed by atoms with van der Waals surface area (Å²) in [4.78, 5) is 0. The van der Waals surface area contributed by atoms with Crippen molar-refractivity contribution in [1.82, 2.24) is 0 Å². The standard InChI is InChI=1S/C18H22O2/c1-3-15(16-6-4-5-7-18(16)20)10-8-14-9-11-17(19)13(2)12-14/h4-7,9,11-12,15,19-20H,3,8,10H2,1-2H3. The van der Waals surface area contributed by atoms with Crippen LogP contribution in [0.4, 0.5) is 0 Å². The van der Waals surface area contributed by atoms with Gasteiger partial charge in [0.2, 0.25) is 0 Å². The van der Waals surface area contributed by atoms with Gasteiger partial charge in [0.15, 0.2) is 0 Å². The molecule has 2 aromatic rings. The molecule has 0 spiro atoms. The third-order valence-corrected chi connectivity index (χ3v) is 3.91. The predicted molar refractivity (Wildman–Crippen MR) is 82.3 cm³/mol. The lowest BCUT2D eigenvalue weighted by atomic mass is 9.89. The van der Waals surface area contributed by atoms with Gasteiger partial charge in [-0.3, -0.25) is 0 Å². The molecule has 2 rings (SSSR count). The van der Waals surface area contributed by atoms with Crippen molar-refractivity contribution in [3.05, 3.63) is 59.2 Å². The quantitative estimate of drug-likeness (QED) is 0.837. The van der Waals surface area contributed by atoms with E-state index < -0.39 is 0 Å². The van der Waals surface area contributed by atoms with Gasteiger partial charge in [-0.2, -0.15) is 0 Å². The SMILES string of the molecule is CCC(CCc1ccc(O)c(C)c1)c1ccccc1O. The van der Waals surface area contributed by atoms with Crippen LogP contribution in [0.2, 0.25) is 0 Å². The van der Waals surface area contributed by atoms with Gasteiger partial charge in [0.25, 0.3) is 0 Å². The molecule has 2 N–H and O–H groups in total. The van der Waals surface area contributed by atoms with E-state index in [9.17, 15) is 10.2 Å². The second kappa shape index (κ2) is 6.47. The van der Waals surface area contributed by atoms with Crippen LogP contribution in [0.5, 0.6) is 11.5 Å². The molecule has 0 aliphatic rings. The molecule has 0 fully saturated rings. The molecular weight excluding hydrogens is 248 g/mol. The van der Waals surface area contributed by atoms with Gasteiger partial charge in [0.05, 0.1) is 0 Å². The lowest BCUT2D eigenvalue weighted by Gasteiger charge is -2.17. The fourth-order valence-corrected chi connectivity index (χ4v) is 2.63. The fraction of sp³-hybridized carbons (Fsp3) is 0.333. The maximum atomic E-state index is 9.96. The molecule has 2 nitrogen and oxygen atoms in total. The van der Waals surface area contributed by atoms with Gasteiger partial charge < -0.3 is 10.2 Å². The Bertz CT molecular complexity index is 575. The smallest absolute Gasteiger partial charge is 0.119 e. The molecule has 0 saturated heterocycles. The minimum atomic E-state index is 0.349. The van der Waals surface area contributed by atoms with Crippen molar-refractivity contribution in [2.45, 2.75) is 39.0 Å². The third kappa shape index (κ3) is 3.32. The van der Waals surface area contributed by atoms with Gasteiger partial charge >= 0.3 is 0 Å². The number of benzene rings is 2. The normalized spacial score (nSPS) is 12.3. The Morgan fingerprint density at radius 1 is 1.00 bits per heavy atom. The van der Waals surface area contributed by atoms with Gasteiger partial charge in [-0.1, -0.05) is 37.3 Å². The van der Waals surface area contributed by atoms with Crippen LogP contribution >= 0.6 is 0 Å². The third-order valence-electron chi connectivity index (χ3n) is 3.91. The topological polar surface area (TPSA) is 40.5 Å². The number of aromatic hydroxyl groups is 2. The van der Waals surface area contributed by atoms with Crippen LogP contribution in [0.3, 0.4) is 0 Å². The summed E-state index contributed by atoms with van der Waals surface area (Å²) in [5, 5.41) is 19.5. The summed E-state index contributed by atoms with van der Waals surface area (Å²) in [5.74, 6) is 1.10. The average Bonchev–Trinajstić information content (AvgIpc) is 2.45. The minimum Gasteiger partial charge on any atom is -0.508 e. The van der Waals surface area contributed by atoms with Crippen LogP contribution in [0, 0.1) is 6.92 Å². The highest BCUT2D eigenvalue weighted by atomic mass is 16.3. The molecule has 106 valence electrons. The van der Waals surface area contributed by atoms with Crippen LogP contribution in [-0.4, -0.2) is 10.2 Å². The summed E-state index contributed by atoms with van der Waals surface area (Å²) in [6.45, 7) is 4.07. The Morgan fingerprint density at radius 2 is 1.75 bits per heavy atom. The van der Waals surface area contributed by atoms with E-state index in [-0.39, 0.29) is 0 Å². The lowest BCUT2D eigenvalue weighted by molar-refractivity contribution is 0.455. The summed E-state index contributed by atoms with van der Waals surface area (Å²) in [7, 11) is 0. The van der Waals surface area contributed by atoms with Crippen molar-refractivity contribution < 1.29 is 10.2 Å². The van der Waals surface area contributed by atoms with Crippen molar-refractivity contribution in [1.29, 1.82) is 0 Å². The zero-order chi connectivity index (χ0) is 14.5. The Balaban J connectivity index is 2.08. The monoisotopic (exact) mass is 270 g/mol. The van der Waals surface area contributed by atoms with Crippen molar-refractivity contribution >= 4 is 0 Å². The second-order valence-corrected chi connectivity index (χ2v) is 5.32. The first-order valence-corrected chi connectivity index (χ1v) is 7.18. The molecule has 0 aliphatic carbocycles. The van der Waals surface area contributed by atoms with E-state index >= 15 is 0 Å². The number of para-hydroxylation sites is 1. The Hall–Kier alpha value is -1.96. The first-order valence-electron chi connectivity index (χ1n) is 7.18. The predicted octanol–water partition coefficient (Wildman–Crippen LogP) is 4.53. The largest absolute Gasteiger partial charge is 0.508 e. The van der Waals surface area contributed by atoms with Gasteiger partial charge in [-0.15, -0.1) is 0 Å². The molecule has 0 heterocycles. The van der Waals surface area contributed by atoms with E-state index in [1.165, 1.54) is 5.56 Å². The summed E-state index contributed by atoms with van der Waals surface area (Å²) in [5.41, 5.74) is 3.18. The fourth-order valence-electron chi connectivity index (χ4n) is 2.63. The van der Waals surface area contributed by atoms with E-state index in [1.54, 1.807) is 12.1 Å². The highest BCUT2D eigenvalue weighted by Gasteiger charge is 2.13. The second-order valence-electron chi connectivity index (χ2n) is 5.32. The summed E-state index contributed by atoms with van der Waals surface area (Å²) in [6, 6.07) is 13.4. The molecule has 0 bridgehead atoms. The molecule has 0 saturated carbocycles. The summed E-state index contributed by atoms with van der Waals surface area (Å²) in [6.07, 6.45) is 2.96. The first kappa shape index (κ1) is 14.4. The number of aryl methyl sites for hydroxylation is 2. The van der Waals surface area contributed by atoms with Crippen LogP contribution < -0.4 is 0 Å². The van der Waals surface area contributed by atoms with E-state index in [0.717, 1.165) is 30.4 Å². The number of phenols is 2. The highest BCUT2D eigenvalue weighted by molar-refractivity contribution is 5.36. The van der Waals surface area contributed by atoms with Crippen LogP contribution in [0.1, 0.15) is 42.4 Å². The molecule has 0 amide bonds. The minimum absolute atomic E-state index is 0.349. The van der Waals surface area contributed by atoms with Crippen molar-refractivity contribution in [3.8, 4) is 11.5 Å². The van der Waals surface area contributed by atoms with Crippen molar-refractivity contribution in [2.75, 3.05) is 0 Å². The molecular formula is C18H22O2. The molecule has 20 heavy (non-hydrogen) atoms. The molecule has 0 radical (unpaired) electrons. The first-order chi connectivity index (χ1) is 9.61.